The van der Waals surface area contributed by atoms with Crippen LogP contribution in [0.15, 0.2) is 40.9 Å². The normalized spacial score (nSPS) is 21.2. The number of methoxy groups -OCH3 is 1. The van der Waals surface area contributed by atoms with Gasteiger partial charge in [0.2, 0.25) is 0 Å². The van der Waals surface area contributed by atoms with Crippen molar-refractivity contribution in [1.29, 1.82) is 0 Å². The van der Waals surface area contributed by atoms with Gasteiger partial charge in [0.1, 0.15) is 22.8 Å². The first-order chi connectivity index (χ1) is 14.3. The highest BCUT2D eigenvalue weighted by molar-refractivity contribution is 9.10. The molecule has 0 radical (unpaired) electrons. The quantitative estimate of drug-likeness (QED) is 0.625. The number of likely N-dealkylation sites (tertiary alicyclic amines) is 1. The molecule has 0 N–H and O–H groups in total. The molecule has 2 aliphatic rings. The number of halogens is 2. The van der Waals surface area contributed by atoms with Crippen LogP contribution in [0.1, 0.15) is 30.1 Å². The number of fused-ring (bicyclic) bond motifs is 1. The molecule has 2 aromatic carbocycles. The molecule has 2 aliphatic heterocycles. The Labute approximate surface area is 188 Å². The van der Waals surface area contributed by atoms with Gasteiger partial charge in [0.15, 0.2) is 11.9 Å². The van der Waals surface area contributed by atoms with E-state index in [1.807, 2.05) is 0 Å². The zero-order valence-electron chi connectivity index (χ0n) is 16.6. The van der Waals surface area contributed by atoms with Gasteiger partial charge in [-0.2, -0.15) is 0 Å². The predicted octanol–water partition coefficient (Wildman–Crippen LogP) is 4.51. The second-order valence-corrected chi connectivity index (χ2v) is 8.88. The Bertz CT molecular complexity index is 1010. The van der Waals surface area contributed by atoms with Crippen LogP contribution in [0.25, 0.3) is 0 Å². The molecule has 1 spiro atoms. The van der Waals surface area contributed by atoms with Gasteiger partial charge < -0.3 is 19.1 Å². The number of hydrogen-bond donors (Lipinski definition) is 0. The minimum atomic E-state index is -0.699. The van der Waals surface area contributed by atoms with Crippen LogP contribution in [0.4, 0.5) is 0 Å². The highest BCUT2D eigenvalue weighted by Crippen LogP contribution is 2.40. The topological polar surface area (TPSA) is 65.1 Å². The lowest BCUT2D eigenvalue weighted by molar-refractivity contribution is -0.137. The van der Waals surface area contributed by atoms with Gasteiger partial charge in [-0.15, -0.1) is 0 Å². The van der Waals surface area contributed by atoms with Crippen LogP contribution >= 0.6 is 27.5 Å². The van der Waals surface area contributed by atoms with Crippen LogP contribution in [-0.2, 0) is 4.79 Å². The summed E-state index contributed by atoms with van der Waals surface area (Å²) >= 11 is 9.35. The summed E-state index contributed by atoms with van der Waals surface area (Å²) in [5.41, 5.74) is -0.177. The van der Waals surface area contributed by atoms with Crippen LogP contribution in [0.2, 0.25) is 5.02 Å². The lowest BCUT2D eigenvalue weighted by Gasteiger charge is -2.35. The van der Waals surface area contributed by atoms with E-state index < -0.39 is 11.7 Å². The zero-order valence-corrected chi connectivity index (χ0v) is 19.0. The fourth-order valence-electron chi connectivity index (χ4n) is 3.93. The SMILES string of the molecule is COc1ccc2c(c1)C(=O)CC1(CCN(C(=O)C(C)Oc3ccc(Cl)cc3Br)C1)O2. The van der Waals surface area contributed by atoms with Gasteiger partial charge in [-0.25, -0.2) is 0 Å². The number of hydrogen-bond acceptors (Lipinski definition) is 5. The summed E-state index contributed by atoms with van der Waals surface area (Å²) in [5, 5.41) is 0.576. The van der Waals surface area contributed by atoms with E-state index in [1.54, 1.807) is 55.3 Å². The van der Waals surface area contributed by atoms with Crippen molar-refractivity contribution in [3.8, 4) is 17.2 Å². The summed E-state index contributed by atoms with van der Waals surface area (Å²) in [5.74, 6) is 1.55. The van der Waals surface area contributed by atoms with Gasteiger partial charge in [0.05, 0.1) is 30.1 Å². The molecule has 8 heteroatoms. The van der Waals surface area contributed by atoms with E-state index >= 15 is 0 Å². The second-order valence-electron chi connectivity index (χ2n) is 7.59. The van der Waals surface area contributed by atoms with Gasteiger partial charge in [0, 0.05) is 18.0 Å². The Morgan fingerprint density at radius 3 is 2.83 bits per heavy atom. The number of ether oxygens (including phenoxy) is 3. The first kappa shape index (κ1) is 21.0. The van der Waals surface area contributed by atoms with Crippen LogP contribution < -0.4 is 14.2 Å². The van der Waals surface area contributed by atoms with Crippen molar-refractivity contribution >= 4 is 39.2 Å². The lowest BCUT2D eigenvalue weighted by atomic mass is 9.89. The summed E-state index contributed by atoms with van der Waals surface area (Å²) < 4.78 is 17.9. The van der Waals surface area contributed by atoms with Gasteiger partial charge in [0.25, 0.3) is 5.91 Å². The summed E-state index contributed by atoms with van der Waals surface area (Å²) in [6.07, 6.45) is 0.135. The standard InChI is InChI=1S/C22H21BrClNO5/c1-13(29-20-5-3-14(24)9-17(20)23)21(27)25-8-7-22(12-25)11-18(26)16-10-15(28-2)4-6-19(16)30-22/h3-6,9-10,13H,7-8,11-12H2,1-2H3. The summed E-state index contributed by atoms with van der Waals surface area (Å²) in [6.45, 7) is 2.56. The third-order valence-electron chi connectivity index (χ3n) is 5.47. The smallest absolute Gasteiger partial charge is 0.263 e. The van der Waals surface area contributed by atoms with Crippen molar-refractivity contribution in [3.63, 3.8) is 0 Å². The fraction of sp³-hybridized carbons (Fsp3) is 0.364. The third kappa shape index (κ3) is 4.01. The van der Waals surface area contributed by atoms with Crippen molar-refractivity contribution in [2.24, 2.45) is 0 Å². The van der Waals surface area contributed by atoms with Crippen molar-refractivity contribution in [2.75, 3.05) is 20.2 Å². The fourth-order valence-corrected chi connectivity index (χ4v) is 4.71. The summed E-state index contributed by atoms with van der Waals surface area (Å²) in [6, 6.07) is 10.4. The molecule has 158 valence electrons. The van der Waals surface area contributed by atoms with E-state index in [1.165, 1.54) is 0 Å². The maximum atomic E-state index is 13.0. The van der Waals surface area contributed by atoms with Gasteiger partial charge in [-0.05, 0) is 59.3 Å². The Morgan fingerprint density at radius 1 is 1.30 bits per heavy atom. The number of carbonyl (C=O) groups excluding carboxylic acids is 2. The number of Topliss-reactive ketones (excluding diaryl/α,β-unsaturated/α-hetero) is 1. The molecule has 1 saturated heterocycles. The van der Waals surface area contributed by atoms with Gasteiger partial charge in [-0.3, -0.25) is 9.59 Å². The average molecular weight is 495 g/mol. The predicted molar refractivity (Wildman–Crippen MR) is 116 cm³/mol. The van der Waals surface area contributed by atoms with E-state index in [2.05, 4.69) is 15.9 Å². The molecule has 2 heterocycles. The van der Waals surface area contributed by atoms with Crippen LogP contribution in [0.3, 0.4) is 0 Å². The zero-order chi connectivity index (χ0) is 21.5. The molecule has 4 rings (SSSR count). The third-order valence-corrected chi connectivity index (χ3v) is 6.32. The Hall–Kier alpha value is -2.25. The molecule has 1 amide bonds. The largest absolute Gasteiger partial charge is 0.497 e. The van der Waals surface area contributed by atoms with Crippen molar-refractivity contribution in [1.82, 2.24) is 4.90 Å². The molecule has 0 saturated carbocycles. The maximum Gasteiger partial charge on any atom is 0.263 e. The molecule has 30 heavy (non-hydrogen) atoms. The number of benzene rings is 2. The van der Waals surface area contributed by atoms with Gasteiger partial charge in [-0.1, -0.05) is 11.6 Å². The molecule has 6 nitrogen and oxygen atoms in total. The lowest BCUT2D eigenvalue weighted by Crippen LogP contribution is -2.47. The molecule has 0 bridgehead atoms. The minimum absolute atomic E-state index is 0.00107. The Balaban J connectivity index is 1.45. The molecule has 1 fully saturated rings. The van der Waals surface area contributed by atoms with E-state index in [-0.39, 0.29) is 18.1 Å². The molecule has 2 unspecified atom stereocenters. The van der Waals surface area contributed by atoms with Crippen molar-refractivity contribution in [3.05, 3.63) is 51.5 Å². The Kier molecular flexibility index (Phi) is 5.68. The molecule has 0 aromatic heterocycles. The minimum Gasteiger partial charge on any atom is -0.497 e. The maximum absolute atomic E-state index is 13.0. The summed E-state index contributed by atoms with van der Waals surface area (Å²) in [4.78, 5) is 27.4. The summed E-state index contributed by atoms with van der Waals surface area (Å²) in [7, 11) is 1.56. The van der Waals surface area contributed by atoms with E-state index in [0.717, 1.165) is 0 Å². The molecule has 0 aliphatic carbocycles. The average Bonchev–Trinajstić information content (AvgIpc) is 3.12. The highest BCUT2D eigenvalue weighted by Gasteiger charge is 2.47. The Morgan fingerprint density at radius 2 is 2.10 bits per heavy atom. The molecule has 2 aromatic rings. The first-order valence-corrected chi connectivity index (χ1v) is 10.8. The number of rotatable bonds is 4. The number of nitrogens with zero attached hydrogens (tertiary/aromatic N) is 1. The van der Waals surface area contributed by atoms with Crippen LogP contribution in [0, 0.1) is 0 Å². The number of ketones is 1. The van der Waals surface area contributed by atoms with E-state index in [4.69, 9.17) is 25.8 Å². The monoisotopic (exact) mass is 493 g/mol. The molecular formula is C22H21BrClNO5. The van der Waals surface area contributed by atoms with E-state index in [9.17, 15) is 9.59 Å². The van der Waals surface area contributed by atoms with Gasteiger partial charge >= 0.3 is 0 Å². The first-order valence-electron chi connectivity index (χ1n) is 9.61. The molecular weight excluding hydrogens is 474 g/mol. The highest BCUT2D eigenvalue weighted by atomic mass is 79.9. The number of amides is 1. The second kappa shape index (κ2) is 8.12. The number of carbonyl (C=O) groups is 2. The van der Waals surface area contributed by atoms with Crippen molar-refractivity contribution in [2.45, 2.75) is 31.5 Å². The van der Waals surface area contributed by atoms with Crippen LogP contribution in [-0.4, -0.2) is 48.5 Å². The van der Waals surface area contributed by atoms with Crippen LogP contribution in [0.5, 0.6) is 17.2 Å². The molecule has 2 atom stereocenters. The van der Waals surface area contributed by atoms with Crippen molar-refractivity contribution < 1.29 is 23.8 Å². The van der Waals surface area contributed by atoms with E-state index in [0.29, 0.717) is 51.8 Å².